The van der Waals surface area contributed by atoms with Crippen molar-refractivity contribution in [3.8, 4) is 0 Å². The highest BCUT2D eigenvalue weighted by Gasteiger charge is 1.97. The number of carbonyl (C=O) groups is 1. The second-order valence-corrected chi connectivity index (χ2v) is 2.48. The highest BCUT2D eigenvalue weighted by atomic mass is 16.5. The summed E-state index contributed by atoms with van der Waals surface area (Å²) in [6.45, 7) is 0.0942. The van der Waals surface area contributed by atoms with E-state index in [2.05, 4.69) is 4.74 Å². The van der Waals surface area contributed by atoms with Crippen LogP contribution in [0.4, 0.5) is 0 Å². The summed E-state index contributed by atoms with van der Waals surface area (Å²) in [5, 5.41) is 8.39. The molecule has 0 bridgehead atoms. The maximum absolute atomic E-state index is 10.6. The van der Waals surface area contributed by atoms with E-state index in [-0.39, 0.29) is 12.6 Å². The minimum absolute atomic E-state index is 0.0942. The molecule has 0 aromatic heterocycles. The first-order valence-electron chi connectivity index (χ1n) is 4.14. The van der Waals surface area contributed by atoms with E-state index in [1.807, 2.05) is 6.08 Å². The molecule has 0 saturated carbocycles. The molecule has 0 saturated heterocycles. The van der Waals surface area contributed by atoms with Gasteiger partial charge in [0.2, 0.25) is 0 Å². The van der Waals surface area contributed by atoms with Crippen LogP contribution in [0.1, 0.15) is 25.7 Å². The van der Waals surface area contributed by atoms with Crippen molar-refractivity contribution in [1.82, 2.24) is 0 Å². The number of ether oxygens (including phenoxy) is 1. The van der Waals surface area contributed by atoms with Gasteiger partial charge in [0.1, 0.15) is 0 Å². The van der Waals surface area contributed by atoms with E-state index >= 15 is 0 Å². The molecule has 3 nitrogen and oxygen atoms in total. The molecule has 12 heavy (non-hydrogen) atoms. The SMILES string of the molecule is COC(=O)CCCC/C=C/CO. The van der Waals surface area contributed by atoms with Gasteiger partial charge in [-0.25, -0.2) is 0 Å². The molecule has 0 aliphatic heterocycles. The number of rotatable bonds is 6. The fraction of sp³-hybridized carbons (Fsp3) is 0.667. The molecule has 0 fully saturated rings. The molecule has 70 valence electrons. The number of allylic oxidation sites excluding steroid dienone is 1. The maximum Gasteiger partial charge on any atom is 0.305 e. The van der Waals surface area contributed by atoms with Gasteiger partial charge in [-0.15, -0.1) is 0 Å². The van der Waals surface area contributed by atoms with Crippen LogP contribution in [0.5, 0.6) is 0 Å². The third-order valence-electron chi connectivity index (χ3n) is 1.50. The Morgan fingerprint density at radius 3 is 2.75 bits per heavy atom. The van der Waals surface area contributed by atoms with E-state index in [4.69, 9.17) is 5.11 Å². The summed E-state index contributed by atoms with van der Waals surface area (Å²) in [5.74, 6) is -0.152. The van der Waals surface area contributed by atoms with E-state index in [1.165, 1.54) is 7.11 Å². The summed E-state index contributed by atoms with van der Waals surface area (Å²) in [6.07, 6.45) is 6.84. The highest BCUT2D eigenvalue weighted by molar-refractivity contribution is 5.68. The van der Waals surface area contributed by atoms with Gasteiger partial charge in [0.05, 0.1) is 13.7 Å². The van der Waals surface area contributed by atoms with Gasteiger partial charge >= 0.3 is 5.97 Å². The summed E-state index contributed by atoms with van der Waals surface area (Å²) in [5.41, 5.74) is 0. The molecule has 0 unspecified atom stereocenters. The van der Waals surface area contributed by atoms with Crippen LogP contribution in [-0.4, -0.2) is 24.8 Å². The van der Waals surface area contributed by atoms with Crippen LogP contribution in [0.2, 0.25) is 0 Å². The molecule has 3 heteroatoms. The molecule has 1 N–H and O–H groups in total. The number of unbranched alkanes of at least 4 members (excludes halogenated alkanes) is 2. The average Bonchev–Trinajstić information content (AvgIpc) is 2.10. The molecule has 0 aliphatic carbocycles. The van der Waals surface area contributed by atoms with Crippen LogP contribution in [0.25, 0.3) is 0 Å². The predicted molar refractivity (Wildman–Crippen MR) is 46.7 cm³/mol. The summed E-state index contributed by atoms with van der Waals surface area (Å²) < 4.78 is 4.48. The van der Waals surface area contributed by atoms with E-state index < -0.39 is 0 Å². The average molecular weight is 172 g/mol. The van der Waals surface area contributed by atoms with Crippen molar-refractivity contribution in [2.75, 3.05) is 13.7 Å². The Kier molecular flexibility index (Phi) is 7.70. The molecular weight excluding hydrogens is 156 g/mol. The zero-order valence-electron chi connectivity index (χ0n) is 7.45. The van der Waals surface area contributed by atoms with Crippen molar-refractivity contribution >= 4 is 5.97 Å². The number of hydrogen-bond acceptors (Lipinski definition) is 3. The smallest absolute Gasteiger partial charge is 0.305 e. The summed E-state index contributed by atoms with van der Waals surface area (Å²) in [4.78, 5) is 10.6. The van der Waals surface area contributed by atoms with E-state index in [0.717, 1.165) is 19.3 Å². The largest absolute Gasteiger partial charge is 0.469 e. The minimum atomic E-state index is -0.152. The van der Waals surface area contributed by atoms with Crippen molar-refractivity contribution in [2.45, 2.75) is 25.7 Å². The quantitative estimate of drug-likeness (QED) is 0.373. The Morgan fingerprint density at radius 1 is 1.42 bits per heavy atom. The van der Waals surface area contributed by atoms with Gasteiger partial charge in [0.15, 0.2) is 0 Å². The summed E-state index contributed by atoms with van der Waals surface area (Å²) >= 11 is 0. The standard InChI is InChI=1S/C9H16O3/c1-12-9(11)7-5-3-2-4-6-8-10/h4,6,10H,2-3,5,7-8H2,1H3/b6-4+. The molecule has 0 aromatic carbocycles. The number of esters is 1. The third-order valence-corrected chi connectivity index (χ3v) is 1.50. The first-order chi connectivity index (χ1) is 5.81. The molecular formula is C9H16O3. The lowest BCUT2D eigenvalue weighted by molar-refractivity contribution is -0.140. The summed E-state index contributed by atoms with van der Waals surface area (Å²) in [6, 6.07) is 0. The second kappa shape index (κ2) is 8.27. The number of aliphatic hydroxyl groups is 1. The first kappa shape index (κ1) is 11.2. The van der Waals surface area contributed by atoms with Crippen LogP contribution in [0.15, 0.2) is 12.2 Å². The Bertz CT molecular complexity index is 141. The molecule has 0 heterocycles. The monoisotopic (exact) mass is 172 g/mol. The Labute approximate surface area is 73.0 Å². The molecule has 0 aromatic rings. The molecule has 0 amide bonds. The number of hydrogen-bond donors (Lipinski definition) is 1. The number of methoxy groups -OCH3 is 1. The van der Waals surface area contributed by atoms with Crippen LogP contribution < -0.4 is 0 Å². The first-order valence-corrected chi connectivity index (χ1v) is 4.14. The lowest BCUT2D eigenvalue weighted by atomic mass is 10.2. The predicted octanol–water partition coefficient (Wildman–Crippen LogP) is 1.27. The van der Waals surface area contributed by atoms with Crippen molar-refractivity contribution in [3.05, 3.63) is 12.2 Å². The van der Waals surface area contributed by atoms with Gasteiger partial charge in [-0.3, -0.25) is 4.79 Å². The minimum Gasteiger partial charge on any atom is -0.469 e. The van der Waals surface area contributed by atoms with Gasteiger partial charge in [-0.2, -0.15) is 0 Å². The van der Waals surface area contributed by atoms with Crippen LogP contribution in [0, 0.1) is 0 Å². The lowest BCUT2D eigenvalue weighted by Crippen LogP contribution is -1.98. The van der Waals surface area contributed by atoms with Crippen LogP contribution in [0.3, 0.4) is 0 Å². The topological polar surface area (TPSA) is 46.5 Å². The molecule has 0 radical (unpaired) electrons. The summed E-state index contributed by atoms with van der Waals surface area (Å²) in [7, 11) is 1.40. The van der Waals surface area contributed by atoms with Crippen LogP contribution in [-0.2, 0) is 9.53 Å². The molecule has 0 rings (SSSR count). The maximum atomic E-state index is 10.6. The Balaban J connectivity index is 3.10. The van der Waals surface area contributed by atoms with Crippen molar-refractivity contribution in [2.24, 2.45) is 0 Å². The lowest BCUT2D eigenvalue weighted by Gasteiger charge is -1.96. The van der Waals surface area contributed by atoms with Gasteiger partial charge in [-0.1, -0.05) is 12.2 Å². The van der Waals surface area contributed by atoms with E-state index in [0.29, 0.717) is 6.42 Å². The van der Waals surface area contributed by atoms with Crippen molar-refractivity contribution in [1.29, 1.82) is 0 Å². The second-order valence-electron chi connectivity index (χ2n) is 2.48. The molecule has 0 spiro atoms. The zero-order valence-corrected chi connectivity index (χ0v) is 7.45. The van der Waals surface area contributed by atoms with Gasteiger partial charge in [0.25, 0.3) is 0 Å². The Hall–Kier alpha value is -0.830. The van der Waals surface area contributed by atoms with E-state index in [1.54, 1.807) is 6.08 Å². The van der Waals surface area contributed by atoms with Gasteiger partial charge in [0, 0.05) is 6.42 Å². The normalized spacial score (nSPS) is 10.5. The third kappa shape index (κ3) is 7.28. The van der Waals surface area contributed by atoms with Gasteiger partial charge in [-0.05, 0) is 19.3 Å². The molecule has 0 atom stereocenters. The van der Waals surface area contributed by atoms with Gasteiger partial charge < -0.3 is 9.84 Å². The van der Waals surface area contributed by atoms with E-state index in [9.17, 15) is 4.79 Å². The van der Waals surface area contributed by atoms with Crippen molar-refractivity contribution in [3.63, 3.8) is 0 Å². The fourth-order valence-electron chi connectivity index (χ4n) is 0.826. The highest BCUT2D eigenvalue weighted by Crippen LogP contribution is 2.01. The van der Waals surface area contributed by atoms with Crippen molar-refractivity contribution < 1.29 is 14.6 Å². The molecule has 0 aliphatic rings. The number of aliphatic hydroxyl groups excluding tert-OH is 1. The fourth-order valence-corrected chi connectivity index (χ4v) is 0.826. The zero-order chi connectivity index (χ0) is 9.23. The van der Waals surface area contributed by atoms with Crippen LogP contribution >= 0.6 is 0 Å². The Morgan fingerprint density at radius 2 is 2.17 bits per heavy atom. The number of carbonyl (C=O) groups excluding carboxylic acids is 1.